The van der Waals surface area contributed by atoms with Gasteiger partial charge in [-0.1, -0.05) is 42.0 Å². The number of aryl methyl sites for hydroxylation is 1. The third-order valence-electron chi connectivity index (χ3n) is 6.02. The van der Waals surface area contributed by atoms with Crippen LogP contribution in [-0.2, 0) is 27.1 Å². The Balaban J connectivity index is 1.58. The van der Waals surface area contributed by atoms with E-state index in [1.165, 1.54) is 5.56 Å². The van der Waals surface area contributed by atoms with Gasteiger partial charge in [0.15, 0.2) is 0 Å². The third-order valence-corrected chi connectivity index (χ3v) is 6.02. The molecule has 4 rings (SSSR count). The van der Waals surface area contributed by atoms with Crippen molar-refractivity contribution in [3.63, 3.8) is 0 Å². The number of hydrogen-bond donors (Lipinski definition) is 0. The largest absolute Gasteiger partial charge is 0.494 e. The van der Waals surface area contributed by atoms with Gasteiger partial charge in [-0.05, 0) is 57.3 Å². The minimum Gasteiger partial charge on any atom is -0.399 e. The molecule has 2 aromatic rings. The van der Waals surface area contributed by atoms with E-state index < -0.39 is 7.12 Å². The first kappa shape index (κ1) is 18.3. The lowest BCUT2D eigenvalue weighted by Gasteiger charge is -2.32. The smallest absolute Gasteiger partial charge is 0.399 e. The normalized spacial score (nSPS) is 20.3. The Labute approximate surface area is 161 Å². The molecule has 0 radical (unpaired) electrons. The van der Waals surface area contributed by atoms with Crippen molar-refractivity contribution in [3.8, 4) is 0 Å². The number of carbonyl (C=O) groups excluding carboxylic acids is 1. The van der Waals surface area contributed by atoms with Crippen LogP contribution in [0.4, 0.5) is 5.69 Å². The fourth-order valence-electron chi connectivity index (χ4n) is 3.58. The molecule has 1 amide bonds. The molecule has 0 N–H and O–H groups in total. The van der Waals surface area contributed by atoms with Crippen LogP contribution in [0, 0.1) is 6.92 Å². The Hall–Kier alpha value is -2.11. The van der Waals surface area contributed by atoms with Crippen LogP contribution in [0.3, 0.4) is 0 Å². The number of hydrogen-bond acceptors (Lipinski definition) is 3. The molecular weight excluding hydrogens is 337 g/mol. The molecule has 0 spiro atoms. The summed E-state index contributed by atoms with van der Waals surface area (Å²) in [4.78, 5) is 14.5. The summed E-state index contributed by atoms with van der Waals surface area (Å²) in [5, 5.41) is 0. The molecule has 0 saturated carbocycles. The van der Waals surface area contributed by atoms with E-state index in [4.69, 9.17) is 9.31 Å². The molecule has 1 saturated heterocycles. The summed E-state index contributed by atoms with van der Waals surface area (Å²) < 4.78 is 12.3. The SMILES string of the molecule is Cc1ccc(CN2C(=O)Cc3cc(B4OC(C)(C)C(C)(C)O4)ccc32)cc1. The third kappa shape index (κ3) is 3.19. The van der Waals surface area contributed by atoms with Gasteiger partial charge in [-0.25, -0.2) is 0 Å². The summed E-state index contributed by atoms with van der Waals surface area (Å²) in [6, 6.07) is 14.4. The van der Waals surface area contributed by atoms with Gasteiger partial charge in [0.05, 0.1) is 24.2 Å². The average molecular weight is 363 g/mol. The summed E-state index contributed by atoms with van der Waals surface area (Å²) >= 11 is 0. The molecule has 2 heterocycles. The van der Waals surface area contributed by atoms with Crippen molar-refractivity contribution in [2.75, 3.05) is 4.90 Å². The Morgan fingerprint density at radius 2 is 1.63 bits per heavy atom. The molecule has 0 aromatic heterocycles. The van der Waals surface area contributed by atoms with Crippen molar-refractivity contribution in [2.45, 2.75) is 58.8 Å². The maximum Gasteiger partial charge on any atom is 0.494 e. The summed E-state index contributed by atoms with van der Waals surface area (Å²) in [7, 11) is -0.401. The average Bonchev–Trinajstić information content (AvgIpc) is 3.01. The zero-order chi connectivity index (χ0) is 19.4. The van der Waals surface area contributed by atoms with E-state index in [1.807, 2.05) is 44.7 Å². The van der Waals surface area contributed by atoms with E-state index in [1.54, 1.807) is 0 Å². The molecule has 0 atom stereocenters. The fraction of sp³-hybridized carbons (Fsp3) is 0.409. The van der Waals surface area contributed by atoms with Crippen molar-refractivity contribution >= 4 is 24.2 Å². The quantitative estimate of drug-likeness (QED) is 0.785. The van der Waals surface area contributed by atoms with Crippen LogP contribution in [0.1, 0.15) is 44.4 Å². The zero-order valence-corrected chi connectivity index (χ0v) is 16.7. The van der Waals surface area contributed by atoms with Crippen molar-refractivity contribution in [3.05, 3.63) is 59.2 Å². The fourth-order valence-corrected chi connectivity index (χ4v) is 3.58. The van der Waals surface area contributed by atoms with Crippen LogP contribution >= 0.6 is 0 Å². The number of benzene rings is 2. The Morgan fingerprint density at radius 1 is 1.00 bits per heavy atom. The molecule has 2 aromatic carbocycles. The van der Waals surface area contributed by atoms with Crippen LogP contribution < -0.4 is 10.4 Å². The molecule has 140 valence electrons. The standard InChI is InChI=1S/C22H26BNO3/c1-15-6-8-16(9-7-15)14-24-19-11-10-18(12-17(19)13-20(24)25)23-26-21(2,3)22(4,5)27-23/h6-12H,13-14H2,1-5H3. The number of carbonyl (C=O) groups is 1. The number of rotatable bonds is 3. The summed E-state index contributed by atoms with van der Waals surface area (Å²) in [5.74, 6) is 0.136. The Morgan fingerprint density at radius 3 is 2.26 bits per heavy atom. The second kappa shape index (κ2) is 6.21. The van der Waals surface area contributed by atoms with Gasteiger partial charge in [-0.3, -0.25) is 4.79 Å². The van der Waals surface area contributed by atoms with Crippen molar-refractivity contribution in [1.29, 1.82) is 0 Å². The van der Waals surface area contributed by atoms with E-state index in [9.17, 15) is 4.79 Å². The van der Waals surface area contributed by atoms with Crippen molar-refractivity contribution < 1.29 is 14.1 Å². The van der Waals surface area contributed by atoms with E-state index in [2.05, 4.69) is 37.3 Å². The van der Waals surface area contributed by atoms with Crippen LogP contribution in [0.25, 0.3) is 0 Å². The predicted molar refractivity (Wildman–Crippen MR) is 108 cm³/mol. The van der Waals surface area contributed by atoms with E-state index >= 15 is 0 Å². The maximum absolute atomic E-state index is 12.6. The van der Waals surface area contributed by atoms with Gasteiger partial charge in [-0.15, -0.1) is 0 Å². The molecular formula is C22H26BNO3. The number of nitrogens with zero attached hydrogens (tertiary/aromatic N) is 1. The van der Waals surface area contributed by atoms with Crippen LogP contribution in [-0.4, -0.2) is 24.2 Å². The molecule has 2 aliphatic heterocycles. The molecule has 27 heavy (non-hydrogen) atoms. The monoisotopic (exact) mass is 363 g/mol. The number of fused-ring (bicyclic) bond motifs is 1. The first-order chi connectivity index (χ1) is 12.7. The van der Waals surface area contributed by atoms with Crippen LogP contribution in [0.15, 0.2) is 42.5 Å². The molecule has 0 unspecified atom stereocenters. The minimum atomic E-state index is -0.401. The number of amides is 1. The van der Waals surface area contributed by atoms with E-state index in [-0.39, 0.29) is 17.1 Å². The lowest BCUT2D eigenvalue weighted by molar-refractivity contribution is -0.117. The molecule has 2 aliphatic rings. The highest BCUT2D eigenvalue weighted by molar-refractivity contribution is 6.62. The molecule has 0 bridgehead atoms. The van der Waals surface area contributed by atoms with Gasteiger partial charge in [0, 0.05) is 5.69 Å². The lowest BCUT2D eigenvalue weighted by atomic mass is 9.78. The predicted octanol–water partition coefficient (Wildman–Crippen LogP) is 3.38. The second-order valence-corrected chi connectivity index (χ2v) is 8.62. The van der Waals surface area contributed by atoms with Gasteiger partial charge in [-0.2, -0.15) is 0 Å². The zero-order valence-electron chi connectivity index (χ0n) is 16.7. The second-order valence-electron chi connectivity index (χ2n) is 8.62. The van der Waals surface area contributed by atoms with Gasteiger partial charge >= 0.3 is 7.12 Å². The summed E-state index contributed by atoms with van der Waals surface area (Å²) in [6.45, 7) is 10.9. The maximum atomic E-state index is 12.6. The molecule has 0 aliphatic carbocycles. The van der Waals surface area contributed by atoms with Gasteiger partial charge in [0.1, 0.15) is 0 Å². The highest BCUT2D eigenvalue weighted by Crippen LogP contribution is 2.37. The molecule has 5 heteroatoms. The topological polar surface area (TPSA) is 38.8 Å². The van der Waals surface area contributed by atoms with Crippen LogP contribution in [0.5, 0.6) is 0 Å². The highest BCUT2D eigenvalue weighted by atomic mass is 16.7. The summed E-state index contributed by atoms with van der Waals surface area (Å²) in [5.41, 5.74) is 4.61. The lowest BCUT2D eigenvalue weighted by Crippen LogP contribution is -2.41. The Bertz CT molecular complexity index is 873. The first-order valence-corrected chi connectivity index (χ1v) is 9.51. The molecule has 1 fully saturated rings. The van der Waals surface area contributed by atoms with Gasteiger partial charge in [0.2, 0.25) is 5.91 Å². The summed E-state index contributed by atoms with van der Waals surface area (Å²) in [6.07, 6.45) is 0.425. The first-order valence-electron chi connectivity index (χ1n) is 9.51. The van der Waals surface area contributed by atoms with E-state index in [0.29, 0.717) is 13.0 Å². The highest BCUT2D eigenvalue weighted by Gasteiger charge is 2.51. The van der Waals surface area contributed by atoms with Crippen molar-refractivity contribution in [2.24, 2.45) is 0 Å². The van der Waals surface area contributed by atoms with Gasteiger partial charge < -0.3 is 14.2 Å². The minimum absolute atomic E-state index is 0.136. The van der Waals surface area contributed by atoms with Gasteiger partial charge in [0.25, 0.3) is 0 Å². The van der Waals surface area contributed by atoms with Crippen molar-refractivity contribution in [1.82, 2.24) is 0 Å². The van der Waals surface area contributed by atoms with E-state index in [0.717, 1.165) is 22.3 Å². The Kier molecular flexibility index (Phi) is 4.20. The van der Waals surface area contributed by atoms with Crippen LogP contribution in [0.2, 0.25) is 0 Å². The molecule has 4 nitrogen and oxygen atoms in total. The number of anilines is 1.